The second-order valence-electron chi connectivity index (χ2n) is 4.83. The third kappa shape index (κ3) is 2.13. The Morgan fingerprint density at radius 1 is 1.14 bits per heavy atom. The smallest absolute Gasteiger partial charge is 1.00 e. The van der Waals surface area contributed by atoms with Gasteiger partial charge in [0.1, 0.15) is 0 Å². The van der Waals surface area contributed by atoms with Gasteiger partial charge in [-0.05, 0) is 16.5 Å². The molecule has 0 saturated heterocycles. The Morgan fingerprint density at radius 3 is 2.43 bits per heavy atom. The van der Waals surface area contributed by atoms with Crippen LogP contribution in [0.2, 0.25) is 0 Å². The van der Waals surface area contributed by atoms with E-state index in [1.54, 1.807) is 0 Å². The van der Waals surface area contributed by atoms with E-state index in [-0.39, 0.29) is 31.0 Å². The molecule has 1 unspecified atom stereocenters. The van der Waals surface area contributed by atoms with Crippen LogP contribution in [0.4, 0.5) is 0 Å². The normalized spacial score (nSPS) is 18.9. The fourth-order valence-corrected chi connectivity index (χ4v) is 2.00. The summed E-state index contributed by atoms with van der Waals surface area (Å²) >= 11 is 0. The third-order valence-corrected chi connectivity index (χ3v) is 2.73. The molecule has 70 valence electrons. The van der Waals surface area contributed by atoms with Gasteiger partial charge in [0.15, 0.2) is 0 Å². The van der Waals surface area contributed by atoms with Crippen LogP contribution in [0, 0.1) is 5.41 Å². The Hall–Kier alpha value is -0.0400. The average Bonchev–Trinajstić information content (AvgIpc) is 2.45. The van der Waals surface area contributed by atoms with Gasteiger partial charge in [-0.15, -0.1) is 0 Å². The van der Waals surface area contributed by atoms with E-state index in [4.69, 9.17) is 0 Å². The minimum atomic E-state index is 0. The van der Waals surface area contributed by atoms with E-state index in [1.165, 1.54) is 11.1 Å². The van der Waals surface area contributed by atoms with Crippen LogP contribution in [0.15, 0.2) is 30.3 Å². The molecule has 1 aromatic carbocycles. The fraction of sp³-hybridized carbons (Fsp3) is 0.385. The van der Waals surface area contributed by atoms with E-state index in [2.05, 4.69) is 57.2 Å². The molecule has 0 heterocycles. The second-order valence-corrected chi connectivity index (χ2v) is 4.83. The summed E-state index contributed by atoms with van der Waals surface area (Å²) in [6, 6.07) is 8.67. The van der Waals surface area contributed by atoms with Gasteiger partial charge in [0.2, 0.25) is 0 Å². The van der Waals surface area contributed by atoms with Gasteiger partial charge in [0.25, 0.3) is 0 Å². The first kappa shape index (κ1) is 12.0. The minimum absolute atomic E-state index is 0. The van der Waals surface area contributed by atoms with Crippen molar-refractivity contribution >= 4 is 6.08 Å². The van der Waals surface area contributed by atoms with Crippen molar-refractivity contribution in [1.82, 2.24) is 0 Å². The van der Waals surface area contributed by atoms with Crippen LogP contribution in [0.25, 0.3) is 6.08 Å². The Labute approximate surface area is 110 Å². The van der Waals surface area contributed by atoms with Crippen molar-refractivity contribution in [2.24, 2.45) is 5.41 Å². The molecule has 1 heteroatoms. The number of allylic oxidation sites excluding steroid dienone is 1. The van der Waals surface area contributed by atoms with E-state index >= 15 is 0 Å². The van der Waals surface area contributed by atoms with Crippen LogP contribution in [0.3, 0.4) is 0 Å². The van der Waals surface area contributed by atoms with Gasteiger partial charge in [-0.1, -0.05) is 57.2 Å². The Morgan fingerprint density at radius 2 is 1.79 bits per heavy atom. The van der Waals surface area contributed by atoms with Gasteiger partial charge in [-0.2, -0.15) is 0 Å². The molecule has 0 N–H and O–H groups in total. The molecule has 0 nitrogen and oxygen atoms in total. The number of hydrogen-bond acceptors (Lipinski definition) is 0. The van der Waals surface area contributed by atoms with Crippen LogP contribution in [0.1, 0.15) is 39.2 Å². The van der Waals surface area contributed by atoms with E-state index < -0.39 is 0 Å². The predicted molar refractivity (Wildman–Crippen MR) is 58.8 cm³/mol. The summed E-state index contributed by atoms with van der Waals surface area (Å²) in [4.78, 5) is 0. The monoisotopic (exact) mass is 196 g/mol. The molecule has 0 amide bonds. The predicted octanol–water partition coefficient (Wildman–Crippen LogP) is 0.960. The molecule has 0 saturated carbocycles. The van der Waals surface area contributed by atoms with Gasteiger partial charge in [-0.3, -0.25) is 0 Å². The zero-order valence-corrected chi connectivity index (χ0v) is 11.5. The molecular weight excluding hydrogens is 179 g/mol. The first-order valence-electron chi connectivity index (χ1n) is 4.86. The van der Waals surface area contributed by atoms with Crippen molar-refractivity contribution < 1.29 is 31.0 Å². The fourth-order valence-electron chi connectivity index (χ4n) is 2.00. The Balaban J connectivity index is 0.000000980. The molecule has 1 atom stereocenters. The topological polar surface area (TPSA) is 0 Å². The summed E-state index contributed by atoms with van der Waals surface area (Å²) in [6.07, 6.45) is 4.57. The van der Waals surface area contributed by atoms with Crippen molar-refractivity contribution in [2.45, 2.75) is 26.7 Å². The Kier molecular flexibility index (Phi) is 3.63. The van der Waals surface area contributed by atoms with Gasteiger partial charge in [-0.25, -0.2) is 0 Å². The van der Waals surface area contributed by atoms with Gasteiger partial charge < -0.3 is 1.43 Å². The van der Waals surface area contributed by atoms with Crippen LogP contribution in [-0.2, 0) is 0 Å². The molecule has 1 aromatic rings. The zero-order valence-electron chi connectivity index (χ0n) is 10.5. The number of rotatable bonds is 0. The van der Waals surface area contributed by atoms with Crippen molar-refractivity contribution in [3.05, 3.63) is 41.5 Å². The maximum absolute atomic E-state index is 2.32. The molecule has 2 rings (SSSR count). The first-order chi connectivity index (χ1) is 6.09. The maximum atomic E-state index is 2.32. The van der Waals surface area contributed by atoms with Crippen molar-refractivity contribution in [3.8, 4) is 0 Å². The van der Waals surface area contributed by atoms with Crippen molar-refractivity contribution in [1.29, 1.82) is 0 Å². The molecule has 0 spiro atoms. The van der Waals surface area contributed by atoms with E-state index in [0.29, 0.717) is 11.3 Å². The summed E-state index contributed by atoms with van der Waals surface area (Å²) in [6.45, 7) is 6.89. The molecule has 1 aliphatic carbocycles. The number of hydrogen-bond donors (Lipinski definition) is 0. The average molecular weight is 196 g/mol. The van der Waals surface area contributed by atoms with Crippen LogP contribution in [0.5, 0.6) is 0 Å². The summed E-state index contributed by atoms with van der Waals surface area (Å²) in [5, 5.41) is 0. The van der Waals surface area contributed by atoms with Crippen LogP contribution < -0.4 is 29.6 Å². The SMILES string of the molecule is CC(C)(C)C1C=Cc2ccccc21.[H-].[Na+]. The van der Waals surface area contributed by atoms with Crippen molar-refractivity contribution in [3.63, 3.8) is 0 Å². The van der Waals surface area contributed by atoms with E-state index in [0.717, 1.165) is 0 Å². The van der Waals surface area contributed by atoms with E-state index in [1.807, 2.05) is 0 Å². The van der Waals surface area contributed by atoms with Crippen LogP contribution >= 0.6 is 0 Å². The molecule has 1 aliphatic rings. The molecular formula is C13H17Na. The maximum Gasteiger partial charge on any atom is 1.00 e. The van der Waals surface area contributed by atoms with Crippen molar-refractivity contribution in [2.75, 3.05) is 0 Å². The number of fused-ring (bicyclic) bond motifs is 1. The standard InChI is InChI=1S/C13H16.Na.H/c1-13(2,3)12-9-8-10-6-4-5-7-11(10)12;;/h4-9,12H,1-3H3;;/q;+1;-1. The molecule has 0 aliphatic heterocycles. The molecule has 0 bridgehead atoms. The molecule has 0 fully saturated rings. The number of benzene rings is 1. The molecule has 14 heavy (non-hydrogen) atoms. The zero-order chi connectivity index (χ0) is 9.47. The second kappa shape index (κ2) is 4.22. The van der Waals surface area contributed by atoms with E-state index in [9.17, 15) is 0 Å². The van der Waals surface area contributed by atoms with Gasteiger partial charge in [0, 0.05) is 5.92 Å². The third-order valence-electron chi connectivity index (χ3n) is 2.73. The Bertz CT molecular complexity index is 350. The van der Waals surface area contributed by atoms with Crippen LogP contribution in [-0.4, -0.2) is 0 Å². The summed E-state index contributed by atoms with van der Waals surface area (Å²) in [7, 11) is 0. The summed E-state index contributed by atoms with van der Waals surface area (Å²) in [5.74, 6) is 0.587. The largest absolute Gasteiger partial charge is 1.00 e. The summed E-state index contributed by atoms with van der Waals surface area (Å²) < 4.78 is 0. The quantitative estimate of drug-likeness (QED) is 0.542. The summed E-state index contributed by atoms with van der Waals surface area (Å²) in [5.41, 5.74) is 3.21. The van der Waals surface area contributed by atoms with Gasteiger partial charge >= 0.3 is 29.6 Å². The minimum Gasteiger partial charge on any atom is -1.00 e. The first-order valence-corrected chi connectivity index (χ1v) is 4.86. The van der Waals surface area contributed by atoms with Gasteiger partial charge in [0.05, 0.1) is 0 Å². The molecule has 0 aromatic heterocycles. The molecule has 0 radical (unpaired) electrons.